The largest absolute Gasteiger partial charge is 0.396 e. The lowest BCUT2D eigenvalue weighted by molar-refractivity contribution is -0.133. The highest BCUT2D eigenvalue weighted by Crippen LogP contribution is 2.48. The van der Waals surface area contributed by atoms with Crippen LogP contribution in [0.4, 0.5) is 0 Å². The second-order valence-electron chi connectivity index (χ2n) is 6.32. The van der Waals surface area contributed by atoms with Gasteiger partial charge in [-0.25, -0.2) is 0 Å². The Morgan fingerprint density at radius 1 is 1.32 bits per heavy atom. The van der Waals surface area contributed by atoms with Crippen LogP contribution in [0, 0.1) is 11.3 Å². The first-order chi connectivity index (χ1) is 10.6. The van der Waals surface area contributed by atoms with Crippen LogP contribution in [-0.2, 0) is 4.74 Å². The molecule has 0 saturated heterocycles. The molecule has 0 aromatic heterocycles. The van der Waals surface area contributed by atoms with Gasteiger partial charge in [0.2, 0.25) is 0 Å². The summed E-state index contributed by atoms with van der Waals surface area (Å²) in [5, 5.41) is 16.0. The number of nitrogens with one attached hydrogen (secondary N) is 2. The van der Waals surface area contributed by atoms with Crippen LogP contribution in [0.25, 0.3) is 0 Å². The van der Waals surface area contributed by atoms with Gasteiger partial charge in [-0.1, -0.05) is 20.8 Å². The summed E-state index contributed by atoms with van der Waals surface area (Å²) in [6.07, 6.45) is 3.61. The summed E-state index contributed by atoms with van der Waals surface area (Å²) in [5.41, 5.74) is 0.203. The average molecular weight is 313 g/mol. The van der Waals surface area contributed by atoms with Gasteiger partial charge in [0.15, 0.2) is 5.96 Å². The van der Waals surface area contributed by atoms with Gasteiger partial charge >= 0.3 is 0 Å². The number of guanidine groups is 1. The summed E-state index contributed by atoms with van der Waals surface area (Å²) in [6, 6.07) is 0.404. The first-order valence-corrected chi connectivity index (χ1v) is 8.85. The molecule has 0 aromatic rings. The smallest absolute Gasteiger partial charge is 0.191 e. The molecule has 0 aromatic carbocycles. The number of rotatable bonds is 9. The summed E-state index contributed by atoms with van der Waals surface area (Å²) < 4.78 is 5.93. The molecule has 0 spiro atoms. The zero-order valence-electron chi connectivity index (χ0n) is 15.0. The molecule has 130 valence electrons. The Balaban J connectivity index is 2.72. The van der Waals surface area contributed by atoms with E-state index in [0.29, 0.717) is 18.7 Å². The Bertz CT molecular complexity index is 343. The molecule has 1 saturated carbocycles. The van der Waals surface area contributed by atoms with Crippen molar-refractivity contribution >= 4 is 5.96 Å². The Hall–Kier alpha value is -0.810. The fourth-order valence-corrected chi connectivity index (χ4v) is 3.37. The van der Waals surface area contributed by atoms with Crippen molar-refractivity contribution in [1.82, 2.24) is 10.6 Å². The van der Waals surface area contributed by atoms with Crippen molar-refractivity contribution in [2.45, 2.75) is 66.0 Å². The summed E-state index contributed by atoms with van der Waals surface area (Å²) in [6.45, 7) is 13.1. The minimum absolute atomic E-state index is 0.173. The van der Waals surface area contributed by atoms with Gasteiger partial charge in [-0.05, 0) is 39.0 Å². The van der Waals surface area contributed by atoms with Crippen LogP contribution < -0.4 is 10.6 Å². The molecule has 3 atom stereocenters. The Kier molecular flexibility index (Phi) is 8.18. The second kappa shape index (κ2) is 9.36. The minimum atomic E-state index is 0.173. The number of aliphatic hydroxyl groups excluding tert-OH is 1. The molecule has 5 nitrogen and oxygen atoms in total. The zero-order valence-corrected chi connectivity index (χ0v) is 15.0. The minimum Gasteiger partial charge on any atom is -0.396 e. The lowest BCUT2D eigenvalue weighted by Crippen LogP contribution is -2.65. The van der Waals surface area contributed by atoms with Crippen LogP contribution >= 0.6 is 0 Å². The fraction of sp³-hybridized carbons (Fsp3) is 0.941. The highest BCUT2D eigenvalue weighted by Gasteiger charge is 2.53. The van der Waals surface area contributed by atoms with Gasteiger partial charge in [-0.3, -0.25) is 4.99 Å². The molecule has 1 aliphatic rings. The zero-order chi connectivity index (χ0) is 16.6. The maximum atomic E-state index is 9.14. The monoisotopic (exact) mass is 313 g/mol. The SMILES string of the molecule is CCNC(=NCC(C)CO)NC1CC(OCC)C1(CC)CC. The fourth-order valence-electron chi connectivity index (χ4n) is 3.37. The quantitative estimate of drug-likeness (QED) is 0.451. The molecular formula is C17H35N3O2. The third-order valence-electron chi connectivity index (χ3n) is 5.00. The van der Waals surface area contributed by atoms with E-state index in [1.165, 1.54) is 0 Å². The van der Waals surface area contributed by atoms with E-state index in [9.17, 15) is 0 Å². The highest BCUT2D eigenvalue weighted by molar-refractivity contribution is 5.80. The topological polar surface area (TPSA) is 65.9 Å². The third kappa shape index (κ3) is 4.35. The summed E-state index contributed by atoms with van der Waals surface area (Å²) in [7, 11) is 0. The van der Waals surface area contributed by atoms with E-state index in [-0.39, 0.29) is 17.9 Å². The number of ether oxygens (including phenoxy) is 1. The molecule has 1 rings (SSSR count). The van der Waals surface area contributed by atoms with Gasteiger partial charge in [0.25, 0.3) is 0 Å². The number of hydrogen-bond donors (Lipinski definition) is 3. The molecule has 3 N–H and O–H groups in total. The number of hydrogen-bond acceptors (Lipinski definition) is 3. The molecule has 3 unspecified atom stereocenters. The number of nitrogens with zero attached hydrogens (tertiary/aromatic N) is 1. The van der Waals surface area contributed by atoms with E-state index >= 15 is 0 Å². The predicted octanol–water partition coefficient (Wildman–Crippen LogP) is 2.15. The van der Waals surface area contributed by atoms with Crippen molar-refractivity contribution < 1.29 is 9.84 Å². The molecule has 1 aliphatic carbocycles. The van der Waals surface area contributed by atoms with E-state index in [1.807, 2.05) is 6.92 Å². The van der Waals surface area contributed by atoms with Crippen molar-refractivity contribution in [3.63, 3.8) is 0 Å². The van der Waals surface area contributed by atoms with Gasteiger partial charge in [0, 0.05) is 37.8 Å². The number of aliphatic imine (C=N–C) groups is 1. The Labute approximate surface area is 135 Å². The van der Waals surface area contributed by atoms with E-state index < -0.39 is 0 Å². The van der Waals surface area contributed by atoms with Gasteiger partial charge in [0.05, 0.1) is 6.10 Å². The van der Waals surface area contributed by atoms with Crippen molar-refractivity contribution in [3.05, 3.63) is 0 Å². The average Bonchev–Trinajstić information content (AvgIpc) is 2.52. The lowest BCUT2D eigenvalue weighted by atomic mass is 9.58. The summed E-state index contributed by atoms with van der Waals surface area (Å²) >= 11 is 0. The van der Waals surface area contributed by atoms with E-state index in [2.05, 4.69) is 43.3 Å². The van der Waals surface area contributed by atoms with E-state index in [0.717, 1.165) is 38.4 Å². The van der Waals surface area contributed by atoms with Crippen molar-refractivity contribution in [2.24, 2.45) is 16.3 Å². The maximum absolute atomic E-state index is 9.14. The van der Waals surface area contributed by atoms with Crippen molar-refractivity contribution in [3.8, 4) is 0 Å². The van der Waals surface area contributed by atoms with Crippen molar-refractivity contribution in [1.29, 1.82) is 0 Å². The first-order valence-electron chi connectivity index (χ1n) is 8.85. The normalized spacial score (nSPS) is 25.5. The molecule has 0 amide bonds. The van der Waals surface area contributed by atoms with Crippen LogP contribution in [-0.4, -0.2) is 49.5 Å². The molecule has 5 heteroatoms. The van der Waals surface area contributed by atoms with Crippen LogP contribution in [0.1, 0.15) is 53.9 Å². The van der Waals surface area contributed by atoms with Crippen LogP contribution in [0.15, 0.2) is 4.99 Å². The summed E-state index contributed by atoms with van der Waals surface area (Å²) in [4.78, 5) is 4.60. The van der Waals surface area contributed by atoms with Gasteiger partial charge in [-0.15, -0.1) is 0 Å². The third-order valence-corrected chi connectivity index (χ3v) is 5.00. The van der Waals surface area contributed by atoms with Gasteiger partial charge < -0.3 is 20.5 Å². The standard InChI is InChI=1S/C17H35N3O2/c1-6-17(7-2)14(10-15(17)22-9-4)20-16(18-8-3)19-11-13(5)12-21/h13-15,21H,6-12H2,1-5H3,(H2,18,19,20). The maximum Gasteiger partial charge on any atom is 0.191 e. The molecule has 22 heavy (non-hydrogen) atoms. The van der Waals surface area contributed by atoms with Gasteiger partial charge in [-0.2, -0.15) is 0 Å². The Morgan fingerprint density at radius 3 is 2.50 bits per heavy atom. The highest BCUT2D eigenvalue weighted by atomic mass is 16.5. The molecular weight excluding hydrogens is 278 g/mol. The van der Waals surface area contributed by atoms with E-state index in [4.69, 9.17) is 9.84 Å². The summed E-state index contributed by atoms with van der Waals surface area (Å²) in [5.74, 6) is 1.05. The lowest BCUT2D eigenvalue weighted by Gasteiger charge is -2.55. The molecule has 0 aliphatic heterocycles. The molecule has 0 heterocycles. The first kappa shape index (κ1) is 19.2. The van der Waals surface area contributed by atoms with Crippen LogP contribution in [0.5, 0.6) is 0 Å². The second-order valence-corrected chi connectivity index (χ2v) is 6.32. The van der Waals surface area contributed by atoms with E-state index in [1.54, 1.807) is 0 Å². The van der Waals surface area contributed by atoms with Crippen molar-refractivity contribution in [2.75, 3.05) is 26.3 Å². The van der Waals surface area contributed by atoms with Crippen LogP contribution in [0.2, 0.25) is 0 Å². The molecule has 1 fully saturated rings. The molecule has 0 bridgehead atoms. The number of aliphatic hydroxyl groups is 1. The molecule has 0 radical (unpaired) electrons. The van der Waals surface area contributed by atoms with Gasteiger partial charge in [0.1, 0.15) is 0 Å². The van der Waals surface area contributed by atoms with Crippen LogP contribution in [0.3, 0.4) is 0 Å². The predicted molar refractivity (Wildman–Crippen MR) is 92.2 cm³/mol. The Morgan fingerprint density at radius 2 is 2.00 bits per heavy atom.